The van der Waals surface area contributed by atoms with Gasteiger partial charge in [0.15, 0.2) is 0 Å². The normalized spacial score (nSPS) is 31.4. The Hall–Kier alpha value is -0.970. The molecule has 0 saturated carbocycles. The maximum absolute atomic E-state index is 12.9. The first-order valence-electron chi connectivity index (χ1n) is 6.91. The zero-order valence-electron chi connectivity index (χ0n) is 11.2. The average molecular weight is 265 g/mol. The minimum atomic E-state index is -0.182. The SMILES string of the molecule is CO[C@@H]1CN(Cc2ccc(F)cc2)[C@@H]2CCCO[C@@H]21. The largest absolute Gasteiger partial charge is 0.377 e. The number of hydrogen-bond donors (Lipinski definition) is 0. The van der Waals surface area contributed by atoms with Crippen LogP contribution >= 0.6 is 0 Å². The van der Waals surface area contributed by atoms with Gasteiger partial charge in [0.25, 0.3) is 0 Å². The molecular formula is C15H20FNO2. The molecule has 104 valence electrons. The highest BCUT2D eigenvalue weighted by Gasteiger charge is 2.43. The predicted molar refractivity (Wildman–Crippen MR) is 70.4 cm³/mol. The number of methoxy groups -OCH3 is 1. The molecule has 3 atom stereocenters. The third-order valence-electron chi connectivity index (χ3n) is 4.19. The van der Waals surface area contributed by atoms with Gasteiger partial charge in [-0.2, -0.15) is 0 Å². The van der Waals surface area contributed by atoms with E-state index in [1.54, 1.807) is 7.11 Å². The lowest BCUT2D eigenvalue weighted by atomic mass is 10.0. The zero-order chi connectivity index (χ0) is 13.2. The maximum Gasteiger partial charge on any atom is 0.123 e. The Balaban J connectivity index is 1.71. The van der Waals surface area contributed by atoms with Gasteiger partial charge in [0.1, 0.15) is 11.9 Å². The highest BCUT2D eigenvalue weighted by Crippen LogP contribution is 2.31. The number of likely N-dealkylation sites (tertiary alicyclic amines) is 1. The van der Waals surface area contributed by atoms with Crippen LogP contribution in [0.3, 0.4) is 0 Å². The molecule has 2 aliphatic rings. The fraction of sp³-hybridized carbons (Fsp3) is 0.600. The Morgan fingerprint density at radius 3 is 2.89 bits per heavy atom. The second kappa shape index (κ2) is 5.57. The number of fused-ring (bicyclic) bond motifs is 1. The molecule has 2 aliphatic heterocycles. The first-order valence-corrected chi connectivity index (χ1v) is 6.91. The van der Waals surface area contributed by atoms with Gasteiger partial charge in [0.2, 0.25) is 0 Å². The van der Waals surface area contributed by atoms with Crippen LogP contribution in [0.1, 0.15) is 18.4 Å². The predicted octanol–water partition coefficient (Wildman–Crippen LogP) is 2.20. The molecule has 4 heteroatoms. The van der Waals surface area contributed by atoms with Crippen molar-refractivity contribution in [2.24, 2.45) is 0 Å². The van der Waals surface area contributed by atoms with Crippen LogP contribution in [-0.4, -0.2) is 43.4 Å². The molecule has 0 N–H and O–H groups in total. The van der Waals surface area contributed by atoms with E-state index in [9.17, 15) is 4.39 Å². The lowest BCUT2D eigenvalue weighted by molar-refractivity contribution is -0.0655. The van der Waals surface area contributed by atoms with Gasteiger partial charge in [-0.15, -0.1) is 0 Å². The summed E-state index contributed by atoms with van der Waals surface area (Å²) in [4.78, 5) is 2.41. The summed E-state index contributed by atoms with van der Waals surface area (Å²) in [6, 6.07) is 7.19. The summed E-state index contributed by atoms with van der Waals surface area (Å²) in [6.45, 7) is 2.57. The van der Waals surface area contributed by atoms with Crippen LogP contribution < -0.4 is 0 Å². The summed E-state index contributed by atoms with van der Waals surface area (Å²) in [7, 11) is 1.75. The van der Waals surface area contributed by atoms with Crippen LogP contribution in [0.5, 0.6) is 0 Å². The van der Waals surface area contributed by atoms with E-state index in [1.165, 1.54) is 12.1 Å². The Morgan fingerprint density at radius 2 is 2.16 bits per heavy atom. The van der Waals surface area contributed by atoms with Gasteiger partial charge >= 0.3 is 0 Å². The molecule has 0 aromatic heterocycles. The van der Waals surface area contributed by atoms with Gasteiger partial charge in [-0.3, -0.25) is 4.90 Å². The van der Waals surface area contributed by atoms with E-state index in [2.05, 4.69) is 4.90 Å². The molecule has 0 amide bonds. The molecule has 0 aliphatic carbocycles. The van der Waals surface area contributed by atoms with Crippen molar-refractivity contribution < 1.29 is 13.9 Å². The second-order valence-electron chi connectivity index (χ2n) is 5.38. The highest BCUT2D eigenvalue weighted by molar-refractivity contribution is 5.16. The molecule has 1 aromatic carbocycles. The summed E-state index contributed by atoms with van der Waals surface area (Å²) in [5, 5.41) is 0. The van der Waals surface area contributed by atoms with Crippen LogP contribution in [0.25, 0.3) is 0 Å². The van der Waals surface area contributed by atoms with Gasteiger partial charge in [0.05, 0.1) is 6.10 Å². The standard InChI is InChI=1S/C15H20FNO2/c1-18-14-10-17(13-3-2-8-19-15(13)14)9-11-4-6-12(16)7-5-11/h4-7,13-15H,2-3,8-10H2,1H3/t13-,14-,15+/m1/s1. The zero-order valence-corrected chi connectivity index (χ0v) is 11.2. The fourth-order valence-corrected chi connectivity index (χ4v) is 3.22. The first-order chi connectivity index (χ1) is 9.28. The number of ether oxygens (including phenoxy) is 2. The first kappa shape index (κ1) is 13.0. The number of benzene rings is 1. The molecular weight excluding hydrogens is 245 g/mol. The van der Waals surface area contributed by atoms with Gasteiger partial charge in [-0.05, 0) is 30.5 Å². The van der Waals surface area contributed by atoms with Crippen LogP contribution in [0, 0.1) is 5.82 Å². The molecule has 1 aromatic rings. The average Bonchev–Trinajstić information content (AvgIpc) is 2.80. The molecule has 19 heavy (non-hydrogen) atoms. The van der Waals surface area contributed by atoms with Crippen molar-refractivity contribution in [3.63, 3.8) is 0 Å². The molecule has 0 spiro atoms. The third-order valence-corrected chi connectivity index (χ3v) is 4.19. The Bertz CT molecular complexity index is 423. The van der Waals surface area contributed by atoms with Gasteiger partial charge in [-0.25, -0.2) is 4.39 Å². The summed E-state index contributed by atoms with van der Waals surface area (Å²) >= 11 is 0. The Kier molecular flexibility index (Phi) is 3.82. The van der Waals surface area contributed by atoms with E-state index in [-0.39, 0.29) is 18.0 Å². The van der Waals surface area contributed by atoms with Crippen molar-refractivity contribution >= 4 is 0 Å². The van der Waals surface area contributed by atoms with Gasteiger partial charge < -0.3 is 9.47 Å². The van der Waals surface area contributed by atoms with Gasteiger partial charge in [-0.1, -0.05) is 12.1 Å². The van der Waals surface area contributed by atoms with Gasteiger partial charge in [0, 0.05) is 32.8 Å². The lowest BCUT2D eigenvalue weighted by Gasteiger charge is -2.32. The molecule has 2 fully saturated rings. The third kappa shape index (κ3) is 2.66. The molecule has 0 unspecified atom stereocenters. The highest BCUT2D eigenvalue weighted by atomic mass is 19.1. The lowest BCUT2D eigenvalue weighted by Crippen LogP contribution is -2.41. The Labute approximate surface area is 113 Å². The summed E-state index contributed by atoms with van der Waals surface area (Å²) in [6.07, 6.45) is 2.62. The number of hydrogen-bond acceptors (Lipinski definition) is 3. The van der Waals surface area contributed by atoms with E-state index in [0.717, 1.165) is 38.1 Å². The fourth-order valence-electron chi connectivity index (χ4n) is 3.22. The molecule has 3 rings (SSSR count). The molecule has 2 saturated heterocycles. The van der Waals surface area contributed by atoms with E-state index in [4.69, 9.17) is 9.47 Å². The topological polar surface area (TPSA) is 21.7 Å². The minimum absolute atomic E-state index is 0.158. The maximum atomic E-state index is 12.9. The summed E-state index contributed by atoms with van der Waals surface area (Å²) in [5.74, 6) is -0.182. The van der Waals surface area contributed by atoms with Crippen molar-refractivity contribution in [1.29, 1.82) is 0 Å². The van der Waals surface area contributed by atoms with Crippen molar-refractivity contribution in [2.75, 3.05) is 20.3 Å². The second-order valence-corrected chi connectivity index (χ2v) is 5.38. The van der Waals surface area contributed by atoms with E-state index in [1.807, 2.05) is 12.1 Å². The van der Waals surface area contributed by atoms with Crippen molar-refractivity contribution in [3.05, 3.63) is 35.6 Å². The van der Waals surface area contributed by atoms with E-state index >= 15 is 0 Å². The Morgan fingerprint density at radius 1 is 1.37 bits per heavy atom. The van der Waals surface area contributed by atoms with Crippen molar-refractivity contribution in [1.82, 2.24) is 4.90 Å². The smallest absolute Gasteiger partial charge is 0.123 e. The molecule has 0 radical (unpaired) electrons. The minimum Gasteiger partial charge on any atom is -0.377 e. The van der Waals surface area contributed by atoms with Crippen LogP contribution in [0.15, 0.2) is 24.3 Å². The number of nitrogens with zero attached hydrogens (tertiary/aromatic N) is 1. The number of halogens is 1. The monoisotopic (exact) mass is 265 g/mol. The molecule has 3 nitrogen and oxygen atoms in total. The molecule has 0 bridgehead atoms. The van der Waals surface area contributed by atoms with E-state index in [0.29, 0.717) is 6.04 Å². The van der Waals surface area contributed by atoms with Crippen molar-refractivity contribution in [3.8, 4) is 0 Å². The summed E-state index contributed by atoms with van der Waals surface area (Å²) < 4.78 is 24.3. The summed E-state index contributed by atoms with van der Waals surface area (Å²) in [5.41, 5.74) is 1.14. The van der Waals surface area contributed by atoms with E-state index < -0.39 is 0 Å². The van der Waals surface area contributed by atoms with Crippen molar-refractivity contribution in [2.45, 2.75) is 37.6 Å². The van der Waals surface area contributed by atoms with Crippen LogP contribution in [0.4, 0.5) is 4.39 Å². The quantitative estimate of drug-likeness (QED) is 0.836. The number of rotatable bonds is 3. The molecule has 2 heterocycles. The van der Waals surface area contributed by atoms with Crippen LogP contribution in [-0.2, 0) is 16.0 Å². The van der Waals surface area contributed by atoms with Crippen LogP contribution in [0.2, 0.25) is 0 Å².